The predicted molar refractivity (Wildman–Crippen MR) is 117 cm³/mol. The lowest BCUT2D eigenvalue weighted by molar-refractivity contribution is -0.143. The van der Waals surface area contributed by atoms with Crippen molar-refractivity contribution < 1.29 is 31.4 Å². The van der Waals surface area contributed by atoms with Gasteiger partial charge in [0.05, 0.1) is 30.1 Å². The minimum Gasteiger partial charge on any atom is -0.394 e. The van der Waals surface area contributed by atoms with Crippen molar-refractivity contribution in [3.63, 3.8) is 0 Å². The molecule has 0 aliphatic carbocycles. The molecule has 0 bridgehead atoms. The number of hydrogen-bond acceptors (Lipinski definition) is 6. The van der Waals surface area contributed by atoms with Crippen molar-refractivity contribution in [2.75, 3.05) is 23.4 Å². The number of rotatable bonds is 6. The number of nitrogens with zero attached hydrogens (tertiary/aromatic N) is 5. The molecular formula is C22H24F6N6O. The molecule has 3 aromatic rings. The van der Waals surface area contributed by atoms with Gasteiger partial charge < -0.3 is 19.9 Å². The molecule has 1 fully saturated rings. The first-order chi connectivity index (χ1) is 16.4. The Labute approximate surface area is 196 Å². The number of hydrogen-bond donors (Lipinski definition) is 2. The quantitative estimate of drug-likeness (QED) is 0.461. The van der Waals surface area contributed by atoms with E-state index in [0.29, 0.717) is 35.8 Å². The highest BCUT2D eigenvalue weighted by molar-refractivity contribution is 5.84. The van der Waals surface area contributed by atoms with E-state index >= 15 is 0 Å². The highest BCUT2D eigenvalue weighted by Crippen LogP contribution is 2.37. The summed E-state index contributed by atoms with van der Waals surface area (Å²) in [5.41, 5.74) is -2.17. The first kappa shape index (κ1) is 25.0. The molecule has 0 amide bonds. The molecule has 1 aromatic carbocycles. The Kier molecular flexibility index (Phi) is 6.56. The second-order valence-electron chi connectivity index (χ2n) is 8.73. The second kappa shape index (κ2) is 9.17. The molecule has 0 spiro atoms. The summed E-state index contributed by atoms with van der Waals surface area (Å²) >= 11 is 0. The highest BCUT2D eigenvalue weighted by Gasteiger charge is 2.37. The molecule has 0 unspecified atom stereocenters. The third-order valence-corrected chi connectivity index (χ3v) is 5.92. The topological polar surface area (TPSA) is 79.1 Å². The lowest BCUT2D eigenvalue weighted by atomic mass is 10.0. The van der Waals surface area contributed by atoms with E-state index in [1.54, 1.807) is 10.9 Å². The summed E-state index contributed by atoms with van der Waals surface area (Å²) in [6.07, 6.45) is -6.75. The zero-order valence-corrected chi connectivity index (χ0v) is 19.0. The molecule has 1 saturated heterocycles. The van der Waals surface area contributed by atoms with E-state index in [2.05, 4.69) is 20.3 Å². The molecule has 0 radical (unpaired) electrons. The first-order valence-corrected chi connectivity index (χ1v) is 11.0. The van der Waals surface area contributed by atoms with Crippen molar-refractivity contribution in [1.82, 2.24) is 19.5 Å². The summed E-state index contributed by atoms with van der Waals surface area (Å²) in [4.78, 5) is 15.3. The average molecular weight is 502 g/mol. The van der Waals surface area contributed by atoms with E-state index in [1.807, 2.05) is 18.7 Å². The van der Waals surface area contributed by atoms with Crippen LogP contribution < -0.4 is 10.2 Å². The lowest BCUT2D eigenvalue weighted by Gasteiger charge is -2.24. The number of halogens is 6. The number of aliphatic hydroxyl groups is 1. The molecule has 13 heteroatoms. The van der Waals surface area contributed by atoms with Gasteiger partial charge in [-0.1, -0.05) is 0 Å². The summed E-state index contributed by atoms with van der Waals surface area (Å²) in [5.74, 6) is 0.484. The minimum absolute atomic E-state index is 0.0133. The molecule has 2 aromatic heterocycles. The van der Waals surface area contributed by atoms with E-state index in [1.165, 1.54) is 0 Å². The number of anilines is 2. The Morgan fingerprint density at radius 2 is 1.71 bits per heavy atom. The van der Waals surface area contributed by atoms with Crippen molar-refractivity contribution >= 4 is 22.9 Å². The largest absolute Gasteiger partial charge is 0.416 e. The maximum atomic E-state index is 13.2. The Morgan fingerprint density at radius 1 is 1.06 bits per heavy atom. The fraction of sp³-hybridized carbons (Fsp3) is 0.500. The van der Waals surface area contributed by atoms with Gasteiger partial charge in [-0.2, -0.15) is 36.3 Å². The van der Waals surface area contributed by atoms with Gasteiger partial charge in [0.1, 0.15) is 0 Å². The number of nitrogens with one attached hydrogen (secondary N) is 1. The molecule has 1 atom stereocenters. The molecule has 3 heterocycles. The monoisotopic (exact) mass is 502 g/mol. The van der Waals surface area contributed by atoms with Gasteiger partial charge in [-0.05, 0) is 50.5 Å². The van der Waals surface area contributed by atoms with Crippen molar-refractivity contribution in [2.45, 2.75) is 57.7 Å². The van der Waals surface area contributed by atoms with Gasteiger partial charge in [0.2, 0.25) is 5.95 Å². The number of aromatic nitrogens is 4. The van der Waals surface area contributed by atoms with Gasteiger partial charge in [-0.25, -0.2) is 4.98 Å². The van der Waals surface area contributed by atoms with Crippen molar-refractivity contribution in [1.29, 1.82) is 0 Å². The molecule has 0 saturated carbocycles. The van der Waals surface area contributed by atoms with Crippen LogP contribution in [0.4, 0.5) is 38.1 Å². The molecule has 35 heavy (non-hydrogen) atoms. The van der Waals surface area contributed by atoms with Crippen LogP contribution in [0.25, 0.3) is 11.2 Å². The molecule has 4 rings (SSSR count). The fourth-order valence-electron chi connectivity index (χ4n) is 4.13. The number of alkyl halides is 6. The molecule has 2 N–H and O–H groups in total. The average Bonchev–Trinajstić information content (AvgIpc) is 3.42. The van der Waals surface area contributed by atoms with E-state index in [0.717, 1.165) is 12.8 Å². The van der Waals surface area contributed by atoms with Crippen LogP contribution in [0.2, 0.25) is 0 Å². The van der Waals surface area contributed by atoms with Crippen LogP contribution >= 0.6 is 0 Å². The lowest BCUT2D eigenvalue weighted by Crippen LogP contribution is -2.33. The Bertz CT molecular complexity index is 1170. The van der Waals surface area contributed by atoms with Crippen LogP contribution in [0, 0.1) is 0 Å². The zero-order chi connectivity index (χ0) is 25.5. The van der Waals surface area contributed by atoms with Gasteiger partial charge in [0.15, 0.2) is 17.0 Å². The van der Waals surface area contributed by atoms with E-state index in [-0.39, 0.29) is 42.7 Å². The summed E-state index contributed by atoms with van der Waals surface area (Å²) in [6, 6.07) is 1.25. The smallest absolute Gasteiger partial charge is 0.394 e. The predicted octanol–water partition coefficient (Wildman–Crippen LogP) is 5.02. The van der Waals surface area contributed by atoms with Crippen molar-refractivity contribution in [3.8, 4) is 0 Å². The number of imidazole rings is 1. The fourth-order valence-corrected chi connectivity index (χ4v) is 4.13. The van der Waals surface area contributed by atoms with Gasteiger partial charge in [-0.15, -0.1) is 0 Å². The Balaban J connectivity index is 1.74. The minimum atomic E-state index is -4.93. The third kappa shape index (κ3) is 5.14. The second-order valence-corrected chi connectivity index (χ2v) is 8.73. The van der Waals surface area contributed by atoms with Crippen LogP contribution in [0.15, 0.2) is 24.5 Å². The van der Waals surface area contributed by atoms with Crippen molar-refractivity contribution in [2.24, 2.45) is 0 Å². The van der Waals surface area contributed by atoms with Gasteiger partial charge in [-0.3, -0.25) is 0 Å². The summed E-state index contributed by atoms with van der Waals surface area (Å²) in [7, 11) is 0. The van der Waals surface area contributed by atoms with E-state index in [4.69, 9.17) is 0 Å². The molecular weight excluding hydrogens is 478 g/mol. The highest BCUT2D eigenvalue weighted by atomic mass is 19.4. The van der Waals surface area contributed by atoms with Crippen LogP contribution in [0.5, 0.6) is 0 Å². The van der Waals surface area contributed by atoms with E-state index in [9.17, 15) is 31.4 Å². The van der Waals surface area contributed by atoms with Crippen LogP contribution in [0.3, 0.4) is 0 Å². The third-order valence-electron chi connectivity index (χ3n) is 5.92. The van der Waals surface area contributed by atoms with E-state index < -0.39 is 23.5 Å². The Morgan fingerprint density at radius 3 is 2.29 bits per heavy atom. The summed E-state index contributed by atoms with van der Waals surface area (Å²) < 4.78 is 81.2. The summed E-state index contributed by atoms with van der Waals surface area (Å²) in [6.45, 7) is 4.00. The van der Waals surface area contributed by atoms with Gasteiger partial charge in [0.25, 0.3) is 0 Å². The molecule has 7 nitrogen and oxygen atoms in total. The maximum absolute atomic E-state index is 13.2. The number of benzene rings is 1. The van der Waals surface area contributed by atoms with Crippen LogP contribution in [-0.4, -0.2) is 43.8 Å². The van der Waals surface area contributed by atoms with Crippen molar-refractivity contribution in [3.05, 3.63) is 41.2 Å². The van der Waals surface area contributed by atoms with Crippen LogP contribution in [0.1, 0.15) is 49.4 Å². The summed E-state index contributed by atoms with van der Waals surface area (Å²) in [5, 5.41) is 12.6. The number of fused-ring (bicyclic) bond motifs is 1. The Hall–Kier alpha value is -3.09. The number of aliphatic hydroxyl groups excluding tert-OH is 1. The molecule has 1 aliphatic rings. The SMILES string of the molecule is CC(C)n1cnc2c(NCc3cc(C(F)(F)F)cc(C(F)(F)F)c3)nc(N3CCC[C@@H]3CO)nc21. The normalized spacial score (nSPS) is 17.1. The van der Waals surface area contributed by atoms with Gasteiger partial charge >= 0.3 is 12.4 Å². The maximum Gasteiger partial charge on any atom is 0.416 e. The van der Waals surface area contributed by atoms with Crippen LogP contribution in [-0.2, 0) is 18.9 Å². The zero-order valence-electron chi connectivity index (χ0n) is 19.0. The van der Waals surface area contributed by atoms with Gasteiger partial charge in [0, 0.05) is 19.1 Å². The standard InChI is InChI=1S/C22H24F6N6O/c1-12(2)34-11-30-17-18(31-20(32-19(17)34)33-5-3-4-16(33)10-35)29-9-13-6-14(21(23,24)25)8-15(7-13)22(26,27)28/h6-8,11-12,16,35H,3-5,9-10H2,1-2H3,(H,29,31,32)/t16-/m1/s1. The first-order valence-electron chi connectivity index (χ1n) is 11.0. The molecule has 190 valence electrons. The molecule has 1 aliphatic heterocycles.